The number of rotatable bonds is 7. The minimum atomic E-state index is -4.51. The number of alkyl halides is 3. The monoisotopic (exact) mass is 480 g/mol. The van der Waals surface area contributed by atoms with Gasteiger partial charge in [-0.3, -0.25) is 0 Å². The molecule has 0 fully saturated rings. The SMILES string of the molecule is CCCC(C)(Oc1cc(Oc2ccc(C(F)(F)F)cc2Cl)ccc1Br)C(=O)O. The summed E-state index contributed by atoms with van der Waals surface area (Å²) in [6.45, 7) is 3.30. The maximum Gasteiger partial charge on any atom is 0.416 e. The number of aliphatic carboxylic acids is 1. The molecule has 0 bridgehead atoms. The number of hydrogen-bond donors (Lipinski definition) is 1. The Morgan fingerprint density at radius 2 is 1.86 bits per heavy atom. The number of carboxylic acids is 1. The largest absolute Gasteiger partial charge is 0.478 e. The zero-order valence-electron chi connectivity index (χ0n) is 14.9. The molecule has 2 aromatic carbocycles. The van der Waals surface area contributed by atoms with Crippen LogP contribution in [-0.2, 0) is 11.0 Å². The van der Waals surface area contributed by atoms with Crippen molar-refractivity contribution in [3.05, 3.63) is 51.5 Å². The van der Waals surface area contributed by atoms with Gasteiger partial charge in [0.1, 0.15) is 17.2 Å². The molecule has 0 aliphatic carbocycles. The van der Waals surface area contributed by atoms with E-state index < -0.39 is 23.3 Å². The van der Waals surface area contributed by atoms with E-state index in [4.69, 9.17) is 21.1 Å². The molecule has 9 heteroatoms. The van der Waals surface area contributed by atoms with E-state index in [1.165, 1.54) is 13.0 Å². The standard InChI is InChI=1S/C19H17BrClF3O4/c1-3-8-18(2,17(25)26)28-16-10-12(5-6-13(16)20)27-15-7-4-11(9-14(15)21)19(22,23)24/h4-7,9-10H,3,8H2,1-2H3,(H,25,26). The van der Waals surface area contributed by atoms with E-state index >= 15 is 0 Å². The van der Waals surface area contributed by atoms with Gasteiger partial charge in [0.05, 0.1) is 15.1 Å². The first kappa shape index (κ1) is 22.4. The summed E-state index contributed by atoms with van der Waals surface area (Å²) in [5, 5.41) is 9.26. The average molecular weight is 482 g/mol. The van der Waals surface area contributed by atoms with Crippen LogP contribution >= 0.6 is 27.5 Å². The van der Waals surface area contributed by atoms with Gasteiger partial charge in [-0.1, -0.05) is 24.9 Å². The van der Waals surface area contributed by atoms with Crippen LogP contribution in [0.5, 0.6) is 17.2 Å². The van der Waals surface area contributed by atoms with E-state index in [9.17, 15) is 23.1 Å². The van der Waals surface area contributed by atoms with Gasteiger partial charge >= 0.3 is 12.1 Å². The Balaban J connectivity index is 2.30. The summed E-state index contributed by atoms with van der Waals surface area (Å²) in [5.41, 5.74) is -2.33. The molecule has 4 nitrogen and oxygen atoms in total. The van der Waals surface area contributed by atoms with Crippen LogP contribution in [0.3, 0.4) is 0 Å². The lowest BCUT2D eigenvalue weighted by Crippen LogP contribution is -2.41. The summed E-state index contributed by atoms with van der Waals surface area (Å²) < 4.78 is 50.0. The number of halogens is 5. The second-order valence-electron chi connectivity index (χ2n) is 6.23. The topological polar surface area (TPSA) is 55.8 Å². The third kappa shape index (κ3) is 5.32. The van der Waals surface area contributed by atoms with Gasteiger partial charge in [0.15, 0.2) is 0 Å². The van der Waals surface area contributed by atoms with E-state index in [0.29, 0.717) is 10.9 Å². The first-order valence-corrected chi connectivity index (χ1v) is 9.40. The van der Waals surface area contributed by atoms with E-state index in [1.807, 2.05) is 6.92 Å². The maximum absolute atomic E-state index is 12.7. The molecule has 2 aromatic rings. The number of carbonyl (C=O) groups is 1. The van der Waals surface area contributed by atoms with Crippen LogP contribution in [0.25, 0.3) is 0 Å². The quantitative estimate of drug-likeness (QED) is 0.465. The van der Waals surface area contributed by atoms with Crippen LogP contribution in [0.15, 0.2) is 40.9 Å². The first-order valence-electron chi connectivity index (χ1n) is 8.23. The zero-order valence-corrected chi connectivity index (χ0v) is 17.3. The van der Waals surface area contributed by atoms with Crippen LogP contribution < -0.4 is 9.47 Å². The Hall–Kier alpha value is -1.93. The molecule has 28 heavy (non-hydrogen) atoms. The molecule has 1 atom stereocenters. The predicted octanol–water partition coefficient (Wildman–Crippen LogP) is 6.94. The normalized spacial score (nSPS) is 13.7. The highest BCUT2D eigenvalue weighted by Crippen LogP contribution is 2.39. The van der Waals surface area contributed by atoms with Crippen molar-refractivity contribution in [2.45, 2.75) is 38.5 Å². The predicted molar refractivity (Wildman–Crippen MR) is 102 cm³/mol. The highest BCUT2D eigenvalue weighted by molar-refractivity contribution is 9.10. The van der Waals surface area contributed by atoms with E-state index in [-0.39, 0.29) is 28.7 Å². The third-order valence-corrected chi connectivity index (χ3v) is 4.85. The van der Waals surface area contributed by atoms with Crippen molar-refractivity contribution in [1.82, 2.24) is 0 Å². The molecule has 0 saturated carbocycles. The van der Waals surface area contributed by atoms with E-state index in [2.05, 4.69) is 15.9 Å². The molecule has 2 rings (SSSR count). The number of ether oxygens (including phenoxy) is 2. The lowest BCUT2D eigenvalue weighted by Gasteiger charge is -2.26. The van der Waals surface area contributed by atoms with Crippen molar-refractivity contribution in [2.75, 3.05) is 0 Å². The van der Waals surface area contributed by atoms with Gasteiger partial charge in [-0.2, -0.15) is 13.2 Å². The van der Waals surface area contributed by atoms with Gasteiger partial charge in [0.2, 0.25) is 5.60 Å². The van der Waals surface area contributed by atoms with Crippen molar-refractivity contribution >= 4 is 33.5 Å². The smallest absolute Gasteiger partial charge is 0.416 e. The van der Waals surface area contributed by atoms with Crippen molar-refractivity contribution in [3.8, 4) is 17.2 Å². The number of benzene rings is 2. The van der Waals surface area contributed by atoms with Crippen molar-refractivity contribution in [2.24, 2.45) is 0 Å². The molecule has 1 unspecified atom stereocenters. The fraction of sp³-hybridized carbons (Fsp3) is 0.316. The summed E-state index contributed by atoms with van der Waals surface area (Å²) in [7, 11) is 0. The summed E-state index contributed by atoms with van der Waals surface area (Å²) in [4.78, 5) is 11.6. The molecule has 0 saturated heterocycles. The van der Waals surface area contributed by atoms with Crippen LogP contribution in [0, 0.1) is 0 Å². The Bertz CT molecular complexity index is 873. The maximum atomic E-state index is 12.7. The minimum absolute atomic E-state index is 0.0255. The molecule has 1 N–H and O–H groups in total. The summed E-state index contributed by atoms with van der Waals surface area (Å²) in [6.07, 6.45) is -3.64. The Kier molecular flexibility index (Phi) is 6.88. The van der Waals surface area contributed by atoms with Crippen LogP contribution in [0.4, 0.5) is 13.2 Å². The molecular formula is C19H17BrClF3O4. The fourth-order valence-electron chi connectivity index (χ4n) is 2.43. The Morgan fingerprint density at radius 3 is 2.39 bits per heavy atom. The molecule has 0 amide bonds. The number of hydrogen-bond acceptors (Lipinski definition) is 3. The minimum Gasteiger partial charge on any atom is -0.478 e. The lowest BCUT2D eigenvalue weighted by atomic mass is 10.0. The first-order chi connectivity index (χ1) is 13.0. The van der Waals surface area contributed by atoms with Gasteiger partial charge in [-0.25, -0.2) is 4.79 Å². The van der Waals surface area contributed by atoms with Gasteiger partial charge in [-0.15, -0.1) is 0 Å². The molecule has 0 aliphatic heterocycles. The lowest BCUT2D eigenvalue weighted by molar-refractivity contribution is -0.154. The summed E-state index contributed by atoms with van der Waals surface area (Å²) in [5.74, 6) is -0.640. The van der Waals surface area contributed by atoms with Crippen LogP contribution in [0.1, 0.15) is 32.3 Å². The Morgan fingerprint density at radius 1 is 1.18 bits per heavy atom. The van der Waals surface area contributed by atoms with E-state index in [0.717, 1.165) is 18.2 Å². The van der Waals surface area contributed by atoms with E-state index in [1.54, 1.807) is 12.1 Å². The molecule has 0 aliphatic rings. The van der Waals surface area contributed by atoms with Crippen molar-refractivity contribution in [1.29, 1.82) is 0 Å². The van der Waals surface area contributed by atoms with Gasteiger partial charge in [-0.05, 0) is 59.6 Å². The second kappa shape index (κ2) is 8.61. The highest BCUT2D eigenvalue weighted by atomic mass is 79.9. The van der Waals surface area contributed by atoms with Gasteiger partial charge in [0, 0.05) is 6.07 Å². The Labute approximate surface area is 173 Å². The van der Waals surface area contributed by atoms with Crippen LogP contribution in [0.2, 0.25) is 5.02 Å². The molecule has 152 valence electrons. The highest BCUT2D eigenvalue weighted by Gasteiger charge is 2.35. The average Bonchev–Trinajstić information content (AvgIpc) is 2.58. The molecule has 0 aromatic heterocycles. The third-order valence-electron chi connectivity index (χ3n) is 3.90. The van der Waals surface area contributed by atoms with Crippen molar-refractivity contribution < 1.29 is 32.5 Å². The number of carboxylic acid groups (broad SMARTS) is 1. The van der Waals surface area contributed by atoms with Crippen molar-refractivity contribution in [3.63, 3.8) is 0 Å². The molecule has 0 radical (unpaired) electrons. The molecular weight excluding hydrogens is 465 g/mol. The van der Waals surface area contributed by atoms with Gasteiger partial charge < -0.3 is 14.6 Å². The zero-order chi connectivity index (χ0) is 21.1. The van der Waals surface area contributed by atoms with Crippen LogP contribution in [-0.4, -0.2) is 16.7 Å². The molecule has 0 spiro atoms. The van der Waals surface area contributed by atoms with Gasteiger partial charge in [0.25, 0.3) is 0 Å². The fourth-order valence-corrected chi connectivity index (χ4v) is 2.98. The summed E-state index contributed by atoms with van der Waals surface area (Å²) in [6, 6.07) is 7.32. The second-order valence-corrected chi connectivity index (χ2v) is 7.49. The summed E-state index contributed by atoms with van der Waals surface area (Å²) >= 11 is 9.19. The molecule has 0 heterocycles.